The summed E-state index contributed by atoms with van der Waals surface area (Å²) in [4.78, 5) is 12.4. The Balaban J connectivity index is 1.73. The average molecular weight is 578 g/mol. The lowest BCUT2D eigenvalue weighted by Gasteiger charge is -2.30. The van der Waals surface area contributed by atoms with Gasteiger partial charge in [0.2, 0.25) is 0 Å². The summed E-state index contributed by atoms with van der Waals surface area (Å²) in [7, 11) is 1.56. The first-order valence-electron chi connectivity index (χ1n) is 10.1. The number of nitrogens with one attached hydrogen (secondary N) is 1. The first-order valence-corrected chi connectivity index (χ1v) is 11.2. The topological polar surface area (TPSA) is 51.9 Å². The molecule has 4 rings (SSSR count). The Morgan fingerprint density at radius 3 is 2.06 bits per heavy atom. The zero-order valence-corrected chi connectivity index (χ0v) is 20.2. The van der Waals surface area contributed by atoms with E-state index in [0.717, 1.165) is 17.5 Å². The third-order valence-corrected chi connectivity index (χ3v) is 6.66. The van der Waals surface area contributed by atoms with Crippen LogP contribution in [0.1, 0.15) is 28.9 Å². The van der Waals surface area contributed by atoms with Crippen LogP contribution in [0.5, 0.6) is 0 Å². The van der Waals surface area contributed by atoms with Gasteiger partial charge in [-0.2, -0.15) is 31.4 Å². The van der Waals surface area contributed by atoms with Gasteiger partial charge in [0.15, 0.2) is 0 Å². The number of alkyl halides is 7. The van der Waals surface area contributed by atoms with Crippen molar-refractivity contribution in [3.63, 3.8) is 0 Å². The molecule has 2 aromatic heterocycles. The van der Waals surface area contributed by atoms with Crippen molar-refractivity contribution in [1.82, 2.24) is 19.7 Å². The van der Waals surface area contributed by atoms with E-state index >= 15 is 0 Å². The monoisotopic (exact) mass is 576 g/mol. The van der Waals surface area contributed by atoms with Crippen LogP contribution in [0.4, 0.5) is 30.7 Å². The summed E-state index contributed by atoms with van der Waals surface area (Å²) >= 11 is 18.3. The molecule has 194 valence electrons. The van der Waals surface area contributed by atoms with Gasteiger partial charge >= 0.3 is 18.0 Å². The minimum absolute atomic E-state index is 0.0994. The molecular formula is C21H14Cl3F7N4O. The predicted octanol–water partition coefficient (Wildman–Crippen LogP) is 7.02. The third kappa shape index (κ3) is 4.43. The minimum atomic E-state index is -6.33. The van der Waals surface area contributed by atoms with Gasteiger partial charge in [0.1, 0.15) is 16.5 Å². The number of carbonyl (C=O) groups excluding carboxylic acids is 1. The highest BCUT2D eigenvalue weighted by Crippen LogP contribution is 2.54. The van der Waals surface area contributed by atoms with Crippen molar-refractivity contribution in [2.75, 3.05) is 0 Å². The summed E-state index contributed by atoms with van der Waals surface area (Å²) in [6, 6.07) is 1.99. The first-order chi connectivity index (χ1) is 16.6. The van der Waals surface area contributed by atoms with Gasteiger partial charge in [-0.3, -0.25) is 4.79 Å². The summed E-state index contributed by atoms with van der Waals surface area (Å²) in [5.41, 5.74) is -6.86. The molecule has 0 radical (unpaired) electrons. The highest BCUT2D eigenvalue weighted by molar-refractivity contribution is 6.38. The van der Waals surface area contributed by atoms with Crippen molar-refractivity contribution >= 4 is 40.7 Å². The normalized spacial score (nSPS) is 14.9. The molecule has 1 amide bonds. The standard InChI is InChI=1S/C21H14Cl3F7N4O/c1-34-15(18(36)33-11-2-3-11)6-12(17(34)24)9-7-32-35(8-9)16-13(22)4-10(5-14(16)23)19(25,20(26,27)28)21(29,30)31/h4-8,11H,2-3H2,1H3,(H,33,36). The number of hydrogen-bond donors (Lipinski definition) is 1. The van der Waals surface area contributed by atoms with Crippen molar-refractivity contribution in [2.24, 2.45) is 7.05 Å². The lowest BCUT2D eigenvalue weighted by Crippen LogP contribution is -2.50. The molecule has 15 heteroatoms. The fourth-order valence-corrected chi connectivity index (χ4v) is 4.46. The molecule has 1 fully saturated rings. The number of nitrogens with zero attached hydrogens (tertiary/aromatic N) is 3. The summed E-state index contributed by atoms with van der Waals surface area (Å²) in [6.07, 6.45) is -8.34. The molecule has 1 N–H and O–H groups in total. The van der Waals surface area contributed by atoms with Crippen LogP contribution in [0.2, 0.25) is 15.2 Å². The molecule has 36 heavy (non-hydrogen) atoms. The van der Waals surface area contributed by atoms with E-state index < -0.39 is 33.6 Å². The van der Waals surface area contributed by atoms with Gasteiger partial charge in [0, 0.05) is 36.0 Å². The number of aromatic nitrogens is 3. The van der Waals surface area contributed by atoms with Crippen molar-refractivity contribution < 1.29 is 35.5 Å². The van der Waals surface area contributed by atoms with Gasteiger partial charge in [-0.1, -0.05) is 34.8 Å². The number of rotatable bonds is 5. The molecule has 1 saturated carbocycles. The van der Waals surface area contributed by atoms with Crippen molar-refractivity contribution in [1.29, 1.82) is 0 Å². The molecule has 0 unspecified atom stereocenters. The summed E-state index contributed by atoms with van der Waals surface area (Å²) < 4.78 is 95.6. The number of halogens is 10. The van der Waals surface area contributed by atoms with E-state index in [-0.39, 0.29) is 40.6 Å². The van der Waals surface area contributed by atoms with E-state index in [1.54, 1.807) is 7.05 Å². The lowest BCUT2D eigenvalue weighted by molar-refractivity contribution is -0.348. The quantitative estimate of drug-likeness (QED) is 0.332. The maximum absolute atomic E-state index is 14.5. The van der Waals surface area contributed by atoms with Gasteiger partial charge in [-0.05, 0) is 31.0 Å². The second kappa shape index (κ2) is 8.84. The smallest absolute Gasteiger partial charge is 0.348 e. The molecule has 3 aromatic rings. The molecule has 1 aliphatic carbocycles. The van der Waals surface area contributed by atoms with Gasteiger partial charge in [-0.15, -0.1) is 0 Å². The molecular weight excluding hydrogens is 564 g/mol. The van der Waals surface area contributed by atoms with Crippen LogP contribution in [0.3, 0.4) is 0 Å². The third-order valence-electron chi connectivity index (χ3n) is 5.62. The molecule has 0 bridgehead atoms. The van der Waals surface area contributed by atoms with Gasteiger partial charge in [-0.25, -0.2) is 9.07 Å². The summed E-state index contributed by atoms with van der Waals surface area (Å²) in [5, 5.41) is 5.56. The van der Waals surface area contributed by atoms with Crippen LogP contribution in [0, 0.1) is 0 Å². The number of benzene rings is 1. The Morgan fingerprint density at radius 1 is 1.00 bits per heavy atom. The van der Waals surface area contributed by atoms with Crippen LogP contribution in [0.15, 0.2) is 30.6 Å². The molecule has 0 aliphatic heterocycles. The van der Waals surface area contributed by atoms with Crippen LogP contribution < -0.4 is 5.32 Å². The highest BCUT2D eigenvalue weighted by atomic mass is 35.5. The van der Waals surface area contributed by atoms with E-state index in [0.29, 0.717) is 11.1 Å². The molecule has 2 heterocycles. The molecule has 0 spiro atoms. The van der Waals surface area contributed by atoms with Crippen molar-refractivity contribution in [3.8, 4) is 16.8 Å². The summed E-state index contributed by atoms with van der Waals surface area (Å²) in [6.45, 7) is 0. The molecule has 5 nitrogen and oxygen atoms in total. The van der Waals surface area contributed by atoms with Crippen LogP contribution in [-0.4, -0.2) is 38.6 Å². The van der Waals surface area contributed by atoms with Crippen LogP contribution in [-0.2, 0) is 12.7 Å². The minimum Gasteiger partial charge on any atom is -0.348 e. The Bertz CT molecular complexity index is 1310. The van der Waals surface area contributed by atoms with E-state index in [1.165, 1.54) is 23.0 Å². The zero-order valence-electron chi connectivity index (χ0n) is 17.9. The van der Waals surface area contributed by atoms with Crippen molar-refractivity contribution in [2.45, 2.75) is 36.9 Å². The van der Waals surface area contributed by atoms with Gasteiger partial charge < -0.3 is 9.88 Å². The maximum atomic E-state index is 14.5. The van der Waals surface area contributed by atoms with Gasteiger partial charge in [0.05, 0.1) is 16.2 Å². The Labute approximate surface area is 213 Å². The largest absolute Gasteiger partial charge is 0.435 e. The lowest BCUT2D eigenvalue weighted by atomic mass is 9.94. The summed E-state index contributed by atoms with van der Waals surface area (Å²) in [5.74, 6) is -0.341. The molecule has 1 aromatic carbocycles. The van der Waals surface area contributed by atoms with Crippen LogP contribution in [0.25, 0.3) is 16.8 Å². The average Bonchev–Trinajstić information content (AvgIpc) is 3.35. The SMILES string of the molecule is Cn1c(C(=O)NC2CC2)cc(-c2cnn(-c3c(Cl)cc(C(F)(C(F)(F)F)C(F)(F)F)cc3Cl)c2)c1Cl. The highest BCUT2D eigenvalue weighted by Gasteiger charge is 2.73. The fraction of sp³-hybridized carbons (Fsp3) is 0.333. The zero-order chi connectivity index (χ0) is 26.8. The second-order valence-electron chi connectivity index (χ2n) is 8.16. The molecule has 0 saturated heterocycles. The van der Waals surface area contributed by atoms with E-state index in [2.05, 4.69) is 10.4 Å². The van der Waals surface area contributed by atoms with Crippen molar-refractivity contribution in [3.05, 3.63) is 57.0 Å². The van der Waals surface area contributed by atoms with E-state index in [9.17, 15) is 35.5 Å². The fourth-order valence-electron chi connectivity index (χ4n) is 3.54. The molecule has 0 atom stereocenters. The second-order valence-corrected chi connectivity index (χ2v) is 9.33. The molecule has 1 aliphatic rings. The van der Waals surface area contributed by atoms with E-state index in [4.69, 9.17) is 34.8 Å². The number of amides is 1. The van der Waals surface area contributed by atoms with Crippen LogP contribution >= 0.6 is 34.8 Å². The maximum Gasteiger partial charge on any atom is 0.435 e. The number of carbonyl (C=O) groups is 1. The Morgan fingerprint density at radius 2 is 1.56 bits per heavy atom. The Hall–Kier alpha value is -2.44. The first kappa shape index (κ1) is 26.6. The van der Waals surface area contributed by atoms with Gasteiger partial charge in [0.25, 0.3) is 5.91 Å². The van der Waals surface area contributed by atoms with E-state index in [1.807, 2.05) is 0 Å². The predicted molar refractivity (Wildman–Crippen MR) is 118 cm³/mol. The number of hydrogen-bond acceptors (Lipinski definition) is 2. The Kier molecular flexibility index (Phi) is 6.54.